The SMILES string of the molecule is C[C@@H](NC(=O)c1ccc(C#N)cc1)[C@H]1[C@@H]2C[C@@H](c3ccnc4ccc(F)cc34)C[C@@H]21. The van der Waals surface area contributed by atoms with Gasteiger partial charge in [0.25, 0.3) is 5.91 Å². The largest absolute Gasteiger partial charge is 0.349 e. The highest BCUT2D eigenvalue weighted by molar-refractivity contribution is 5.94. The van der Waals surface area contributed by atoms with Crippen molar-refractivity contribution in [2.45, 2.75) is 31.7 Å². The van der Waals surface area contributed by atoms with Crippen molar-refractivity contribution in [3.63, 3.8) is 0 Å². The van der Waals surface area contributed by atoms with Gasteiger partial charge in [0.1, 0.15) is 5.82 Å². The van der Waals surface area contributed by atoms with Gasteiger partial charge in [-0.15, -0.1) is 0 Å². The zero-order valence-corrected chi connectivity index (χ0v) is 16.7. The van der Waals surface area contributed by atoms with Crippen LogP contribution in [0, 0.1) is 34.9 Å². The Morgan fingerprint density at radius 1 is 1.17 bits per heavy atom. The van der Waals surface area contributed by atoms with Crippen molar-refractivity contribution in [3.8, 4) is 6.07 Å². The van der Waals surface area contributed by atoms with Gasteiger partial charge < -0.3 is 5.32 Å². The van der Waals surface area contributed by atoms with Gasteiger partial charge in [-0.2, -0.15) is 5.26 Å². The van der Waals surface area contributed by atoms with Crippen LogP contribution in [0.25, 0.3) is 10.9 Å². The first-order valence-corrected chi connectivity index (χ1v) is 10.4. The standard InChI is InChI=1S/C25H22FN3O/c1-14(29-25(30)16-4-2-15(13-27)3-5-16)24-21-10-17(11-22(21)24)19-8-9-28-23-7-6-18(26)12-20(19)23/h2-9,12,14,17,21-22,24H,10-11H2,1H3,(H,29,30)/t14-,17-,21-,22+,24+/m1/s1. The number of nitrogens with one attached hydrogen (secondary N) is 1. The molecule has 1 N–H and O–H groups in total. The molecule has 30 heavy (non-hydrogen) atoms. The Morgan fingerprint density at radius 3 is 2.60 bits per heavy atom. The van der Waals surface area contributed by atoms with Crippen LogP contribution in [0.3, 0.4) is 0 Å². The molecule has 5 heteroatoms. The second-order valence-corrected chi connectivity index (χ2v) is 8.59. The number of benzene rings is 2. The zero-order valence-electron chi connectivity index (χ0n) is 16.7. The minimum atomic E-state index is -0.225. The Labute approximate surface area is 174 Å². The second-order valence-electron chi connectivity index (χ2n) is 8.59. The molecule has 3 aromatic rings. The fourth-order valence-corrected chi connectivity index (χ4v) is 5.47. The summed E-state index contributed by atoms with van der Waals surface area (Å²) in [7, 11) is 0. The number of aromatic nitrogens is 1. The van der Waals surface area contributed by atoms with E-state index in [1.165, 1.54) is 11.6 Å². The average molecular weight is 399 g/mol. The van der Waals surface area contributed by atoms with E-state index in [1.54, 1.807) is 36.4 Å². The quantitative estimate of drug-likeness (QED) is 0.685. The number of fused-ring (bicyclic) bond motifs is 2. The van der Waals surface area contributed by atoms with E-state index in [0.29, 0.717) is 34.8 Å². The molecule has 0 aliphatic heterocycles. The van der Waals surface area contributed by atoms with Crippen molar-refractivity contribution in [2.24, 2.45) is 17.8 Å². The van der Waals surface area contributed by atoms with Gasteiger partial charge in [0.15, 0.2) is 0 Å². The Bertz CT molecular complexity index is 1160. The van der Waals surface area contributed by atoms with E-state index in [9.17, 15) is 9.18 Å². The minimum absolute atomic E-state index is 0.0934. The van der Waals surface area contributed by atoms with Crippen LogP contribution in [-0.2, 0) is 0 Å². The number of carbonyl (C=O) groups is 1. The second kappa shape index (κ2) is 7.21. The molecular weight excluding hydrogens is 377 g/mol. The van der Waals surface area contributed by atoms with Gasteiger partial charge in [-0.25, -0.2) is 4.39 Å². The van der Waals surface area contributed by atoms with Crippen molar-refractivity contribution in [2.75, 3.05) is 0 Å². The molecule has 1 heterocycles. The summed E-state index contributed by atoms with van der Waals surface area (Å²) < 4.78 is 13.8. The van der Waals surface area contributed by atoms with Crippen LogP contribution in [0.5, 0.6) is 0 Å². The van der Waals surface area contributed by atoms with E-state index in [1.807, 2.05) is 12.3 Å². The number of carbonyl (C=O) groups excluding carboxylic acids is 1. The van der Waals surface area contributed by atoms with Crippen molar-refractivity contribution in [3.05, 3.63) is 77.2 Å². The molecule has 2 aliphatic carbocycles. The van der Waals surface area contributed by atoms with Crippen molar-refractivity contribution in [1.82, 2.24) is 10.3 Å². The highest BCUT2D eigenvalue weighted by Crippen LogP contribution is 2.63. The third-order valence-electron chi connectivity index (χ3n) is 6.90. The van der Waals surface area contributed by atoms with E-state index in [-0.39, 0.29) is 17.8 Å². The van der Waals surface area contributed by atoms with E-state index in [4.69, 9.17) is 5.26 Å². The fourth-order valence-electron chi connectivity index (χ4n) is 5.47. The van der Waals surface area contributed by atoms with E-state index < -0.39 is 0 Å². The normalized spacial score (nSPS) is 25.4. The molecule has 0 radical (unpaired) electrons. The molecule has 5 rings (SSSR count). The van der Waals surface area contributed by atoms with Crippen LogP contribution in [0.1, 0.15) is 47.2 Å². The first-order chi connectivity index (χ1) is 14.5. The number of hydrogen-bond acceptors (Lipinski definition) is 3. The minimum Gasteiger partial charge on any atom is -0.349 e. The molecule has 0 saturated heterocycles. The van der Waals surface area contributed by atoms with Gasteiger partial charge in [-0.05, 0) is 97.5 Å². The molecule has 2 fully saturated rings. The predicted molar refractivity (Wildman–Crippen MR) is 112 cm³/mol. The van der Waals surface area contributed by atoms with Crippen LogP contribution in [-0.4, -0.2) is 16.9 Å². The number of rotatable bonds is 4. The first-order valence-electron chi connectivity index (χ1n) is 10.4. The number of pyridine rings is 1. The van der Waals surface area contributed by atoms with E-state index in [0.717, 1.165) is 23.7 Å². The zero-order chi connectivity index (χ0) is 20.8. The van der Waals surface area contributed by atoms with Gasteiger partial charge in [0, 0.05) is 23.2 Å². The molecule has 1 amide bonds. The Balaban J connectivity index is 1.24. The summed E-state index contributed by atoms with van der Waals surface area (Å²) in [6, 6.07) is 15.7. The summed E-state index contributed by atoms with van der Waals surface area (Å²) in [6.45, 7) is 2.08. The lowest BCUT2D eigenvalue weighted by molar-refractivity contribution is 0.0933. The third kappa shape index (κ3) is 3.23. The molecular formula is C25H22FN3O. The molecule has 0 bridgehead atoms. The molecule has 2 aliphatic rings. The van der Waals surface area contributed by atoms with Crippen LogP contribution in [0.15, 0.2) is 54.7 Å². The molecule has 0 spiro atoms. The lowest BCUT2D eigenvalue weighted by Gasteiger charge is -2.20. The van der Waals surface area contributed by atoms with E-state index in [2.05, 4.69) is 23.3 Å². The first kappa shape index (κ1) is 18.7. The topological polar surface area (TPSA) is 65.8 Å². The summed E-state index contributed by atoms with van der Waals surface area (Å²) in [5, 5.41) is 12.9. The molecule has 2 saturated carbocycles. The predicted octanol–water partition coefficient (Wildman–Crippen LogP) is 4.80. The highest BCUT2D eigenvalue weighted by Gasteiger charge is 2.58. The highest BCUT2D eigenvalue weighted by atomic mass is 19.1. The van der Waals surface area contributed by atoms with E-state index >= 15 is 0 Å². The fraction of sp³-hybridized carbons (Fsp3) is 0.320. The maximum Gasteiger partial charge on any atom is 0.251 e. The summed E-state index contributed by atoms with van der Waals surface area (Å²) in [4.78, 5) is 16.9. The number of hydrogen-bond donors (Lipinski definition) is 1. The molecule has 150 valence electrons. The van der Waals surface area contributed by atoms with Crippen molar-refractivity contribution < 1.29 is 9.18 Å². The summed E-state index contributed by atoms with van der Waals surface area (Å²) in [6.07, 6.45) is 3.96. The Hall–Kier alpha value is -3.26. The molecule has 2 aromatic carbocycles. The van der Waals surface area contributed by atoms with Crippen molar-refractivity contribution in [1.29, 1.82) is 5.26 Å². The molecule has 1 aromatic heterocycles. The smallest absolute Gasteiger partial charge is 0.251 e. The van der Waals surface area contributed by atoms with Crippen molar-refractivity contribution >= 4 is 16.8 Å². The number of halogens is 1. The lowest BCUT2D eigenvalue weighted by atomic mass is 9.88. The number of amides is 1. The Kier molecular flexibility index (Phi) is 4.51. The maximum atomic E-state index is 13.8. The monoisotopic (exact) mass is 399 g/mol. The van der Waals surface area contributed by atoms with Crippen LogP contribution in [0.4, 0.5) is 4.39 Å². The summed E-state index contributed by atoms with van der Waals surface area (Å²) >= 11 is 0. The average Bonchev–Trinajstić information content (AvgIpc) is 3.27. The molecule has 0 unspecified atom stereocenters. The van der Waals surface area contributed by atoms with Crippen LogP contribution >= 0.6 is 0 Å². The van der Waals surface area contributed by atoms with Gasteiger partial charge in [-0.3, -0.25) is 9.78 Å². The Morgan fingerprint density at radius 2 is 1.90 bits per heavy atom. The number of nitrogens with zero attached hydrogens (tertiary/aromatic N) is 2. The van der Waals surface area contributed by atoms with Crippen LogP contribution < -0.4 is 5.32 Å². The van der Waals surface area contributed by atoms with Gasteiger partial charge >= 0.3 is 0 Å². The molecule has 4 nitrogen and oxygen atoms in total. The molecule has 5 atom stereocenters. The van der Waals surface area contributed by atoms with Gasteiger partial charge in [-0.1, -0.05) is 0 Å². The maximum absolute atomic E-state index is 13.8. The summed E-state index contributed by atoms with van der Waals surface area (Å²) in [5.74, 6) is 1.80. The van der Waals surface area contributed by atoms with Gasteiger partial charge in [0.2, 0.25) is 0 Å². The lowest BCUT2D eigenvalue weighted by Crippen LogP contribution is -2.35. The number of nitriles is 1. The third-order valence-corrected chi connectivity index (χ3v) is 6.90. The van der Waals surface area contributed by atoms with Gasteiger partial charge in [0.05, 0.1) is 17.1 Å². The summed E-state index contributed by atoms with van der Waals surface area (Å²) in [5.41, 5.74) is 3.16. The van der Waals surface area contributed by atoms with Crippen LogP contribution in [0.2, 0.25) is 0 Å².